The summed E-state index contributed by atoms with van der Waals surface area (Å²) in [7, 11) is 0. The molecule has 110 valence electrons. The molecule has 0 N–H and O–H groups in total. The average Bonchev–Trinajstić information content (AvgIpc) is 2.57. The van der Waals surface area contributed by atoms with Crippen molar-refractivity contribution in [3.05, 3.63) is 89.5 Å². The molecule has 3 aromatic rings. The molecule has 3 aromatic carbocycles. The molecular weight excluding hydrogens is 268 g/mol. The van der Waals surface area contributed by atoms with Crippen LogP contribution in [0.5, 0.6) is 5.75 Å². The maximum absolute atomic E-state index is 5.88. The Morgan fingerprint density at radius 1 is 0.682 bits per heavy atom. The fourth-order valence-corrected chi connectivity index (χ4v) is 2.43. The van der Waals surface area contributed by atoms with Crippen LogP contribution in [-0.4, -0.2) is 0 Å². The first kappa shape index (κ1) is 14.4. The second kappa shape index (κ2) is 6.48. The van der Waals surface area contributed by atoms with Crippen LogP contribution < -0.4 is 4.74 Å². The molecule has 0 radical (unpaired) electrons. The lowest BCUT2D eigenvalue weighted by Gasteiger charge is -2.09. The summed E-state index contributed by atoms with van der Waals surface area (Å²) in [5, 5.41) is 0. The van der Waals surface area contributed by atoms with Crippen LogP contribution in [0.3, 0.4) is 0 Å². The van der Waals surface area contributed by atoms with Gasteiger partial charge in [-0.3, -0.25) is 0 Å². The van der Waals surface area contributed by atoms with E-state index in [1.165, 1.54) is 27.8 Å². The highest BCUT2D eigenvalue weighted by Crippen LogP contribution is 2.22. The minimum absolute atomic E-state index is 0.603. The second-order valence-electron chi connectivity index (χ2n) is 5.60. The predicted octanol–water partition coefficient (Wildman–Crippen LogP) is 5.55. The summed E-state index contributed by atoms with van der Waals surface area (Å²) in [5.74, 6) is 0.901. The summed E-state index contributed by atoms with van der Waals surface area (Å²) < 4.78 is 5.88. The molecule has 0 unspecified atom stereocenters. The smallest absolute Gasteiger partial charge is 0.119 e. The van der Waals surface area contributed by atoms with E-state index in [-0.39, 0.29) is 0 Å². The Morgan fingerprint density at radius 3 is 2.05 bits per heavy atom. The van der Waals surface area contributed by atoms with E-state index in [0.717, 1.165) is 5.75 Å². The monoisotopic (exact) mass is 288 g/mol. The first-order valence-corrected chi connectivity index (χ1v) is 7.57. The Hall–Kier alpha value is -2.54. The third-order valence-corrected chi connectivity index (χ3v) is 3.94. The fourth-order valence-electron chi connectivity index (χ4n) is 2.43. The van der Waals surface area contributed by atoms with Crippen molar-refractivity contribution >= 4 is 0 Å². The van der Waals surface area contributed by atoms with Gasteiger partial charge >= 0.3 is 0 Å². The Morgan fingerprint density at radius 2 is 1.36 bits per heavy atom. The van der Waals surface area contributed by atoms with E-state index in [2.05, 4.69) is 68.4 Å². The number of rotatable bonds is 4. The van der Waals surface area contributed by atoms with Gasteiger partial charge in [0.25, 0.3) is 0 Å². The summed E-state index contributed by atoms with van der Waals surface area (Å²) in [6.45, 7) is 4.86. The van der Waals surface area contributed by atoms with Crippen LogP contribution in [0.2, 0.25) is 0 Å². The van der Waals surface area contributed by atoms with Crippen LogP contribution in [0, 0.1) is 13.8 Å². The first-order chi connectivity index (χ1) is 10.7. The van der Waals surface area contributed by atoms with E-state index >= 15 is 0 Å². The van der Waals surface area contributed by atoms with Gasteiger partial charge in [0.05, 0.1) is 0 Å². The van der Waals surface area contributed by atoms with Gasteiger partial charge in [-0.1, -0.05) is 60.7 Å². The van der Waals surface area contributed by atoms with Crippen LogP contribution in [0.1, 0.15) is 16.7 Å². The normalized spacial score (nSPS) is 10.5. The van der Waals surface area contributed by atoms with Crippen molar-refractivity contribution in [3.63, 3.8) is 0 Å². The molecule has 3 rings (SSSR count). The lowest BCUT2D eigenvalue weighted by Crippen LogP contribution is -1.96. The molecule has 0 aliphatic carbocycles. The molecule has 0 amide bonds. The van der Waals surface area contributed by atoms with Crippen LogP contribution >= 0.6 is 0 Å². The standard InChI is InChI=1S/C21H20O/c1-16-8-9-18(14-17(16)2)15-22-21-12-10-20(11-13-21)19-6-4-3-5-7-19/h3-14H,15H2,1-2H3. The highest BCUT2D eigenvalue weighted by atomic mass is 16.5. The van der Waals surface area contributed by atoms with Gasteiger partial charge < -0.3 is 4.74 Å². The Bertz CT molecular complexity index is 743. The fraction of sp³-hybridized carbons (Fsp3) is 0.143. The van der Waals surface area contributed by atoms with Crippen molar-refractivity contribution in [2.24, 2.45) is 0 Å². The molecule has 0 saturated carbocycles. The molecule has 1 heteroatoms. The molecule has 0 heterocycles. The van der Waals surface area contributed by atoms with E-state index in [9.17, 15) is 0 Å². The van der Waals surface area contributed by atoms with E-state index in [1.807, 2.05) is 18.2 Å². The van der Waals surface area contributed by atoms with E-state index in [4.69, 9.17) is 4.74 Å². The Balaban J connectivity index is 1.67. The van der Waals surface area contributed by atoms with Gasteiger partial charge in [0, 0.05) is 0 Å². The van der Waals surface area contributed by atoms with Crippen molar-refractivity contribution < 1.29 is 4.74 Å². The summed E-state index contributed by atoms with van der Waals surface area (Å²) >= 11 is 0. The van der Waals surface area contributed by atoms with Gasteiger partial charge in [0.15, 0.2) is 0 Å². The van der Waals surface area contributed by atoms with Gasteiger partial charge in [-0.2, -0.15) is 0 Å². The summed E-state index contributed by atoms with van der Waals surface area (Å²) in [6.07, 6.45) is 0. The summed E-state index contributed by atoms with van der Waals surface area (Å²) in [4.78, 5) is 0. The molecule has 0 fully saturated rings. The maximum atomic E-state index is 5.88. The van der Waals surface area contributed by atoms with Crippen molar-refractivity contribution in [2.45, 2.75) is 20.5 Å². The van der Waals surface area contributed by atoms with E-state index in [1.54, 1.807) is 0 Å². The highest BCUT2D eigenvalue weighted by Gasteiger charge is 2.00. The maximum Gasteiger partial charge on any atom is 0.119 e. The Kier molecular flexibility index (Phi) is 4.24. The average molecular weight is 288 g/mol. The van der Waals surface area contributed by atoms with Crippen LogP contribution in [0.25, 0.3) is 11.1 Å². The molecule has 0 aliphatic heterocycles. The van der Waals surface area contributed by atoms with Gasteiger partial charge in [0.2, 0.25) is 0 Å². The molecule has 0 spiro atoms. The zero-order chi connectivity index (χ0) is 15.4. The van der Waals surface area contributed by atoms with E-state index in [0.29, 0.717) is 6.61 Å². The summed E-state index contributed by atoms with van der Waals surface area (Å²) in [5.41, 5.74) is 6.26. The zero-order valence-corrected chi connectivity index (χ0v) is 13.0. The number of hydrogen-bond donors (Lipinski definition) is 0. The topological polar surface area (TPSA) is 9.23 Å². The molecule has 0 atom stereocenters. The molecular formula is C21H20O. The third kappa shape index (κ3) is 3.37. The van der Waals surface area contributed by atoms with Crippen molar-refractivity contribution in [3.8, 4) is 16.9 Å². The summed E-state index contributed by atoms with van der Waals surface area (Å²) in [6, 6.07) is 25.1. The molecule has 22 heavy (non-hydrogen) atoms. The zero-order valence-electron chi connectivity index (χ0n) is 13.0. The lowest BCUT2D eigenvalue weighted by molar-refractivity contribution is 0.306. The molecule has 0 bridgehead atoms. The predicted molar refractivity (Wildman–Crippen MR) is 92.1 cm³/mol. The van der Waals surface area contributed by atoms with Gasteiger partial charge in [0.1, 0.15) is 12.4 Å². The van der Waals surface area contributed by atoms with Crippen molar-refractivity contribution in [2.75, 3.05) is 0 Å². The van der Waals surface area contributed by atoms with Crippen LogP contribution in [0.4, 0.5) is 0 Å². The van der Waals surface area contributed by atoms with Crippen LogP contribution in [-0.2, 0) is 6.61 Å². The van der Waals surface area contributed by atoms with Gasteiger partial charge in [-0.25, -0.2) is 0 Å². The molecule has 1 nitrogen and oxygen atoms in total. The second-order valence-corrected chi connectivity index (χ2v) is 5.60. The largest absolute Gasteiger partial charge is 0.489 e. The molecule has 0 aliphatic rings. The van der Waals surface area contributed by atoms with Gasteiger partial charge in [-0.05, 0) is 53.8 Å². The molecule has 0 aromatic heterocycles. The Labute approximate surface area is 132 Å². The highest BCUT2D eigenvalue weighted by molar-refractivity contribution is 5.63. The minimum atomic E-state index is 0.603. The van der Waals surface area contributed by atoms with Gasteiger partial charge in [-0.15, -0.1) is 0 Å². The first-order valence-electron chi connectivity index (χ1n) is 7.57. The number of benzene rings is 3. The number of hydrogen-bond acceptors (Lipinski definition) is 1. The van der Waals surface area contributed by atoms with Crippen molar-refractivity contribution in [1.29, 1.82) is 0 Å². The molecule has 0 saturated heterocycles. The number of ether oxygens (including phenoxy) is 1. The quantitative estimate of drug-likeness (QED) is 0.611. The lowest BCUT2D eigenvalue weighted by atomic mass is 10.1. The van der Waals surface area contributed by atoms with E-state index < -0.39 is 0 Å². The minimum Gasteiger partial charge on any atom is -0.489 e. The van der Waals surface area contributed by atoms with Crippen molar-refractivity contribution in [1.82, 2.24) is 0 Å². The third-order valence-electron chi connectivity index (χ3n) is 3.94. The van der Waals surface area contributed by atoms with Crippen LogP contribution in [0.15, 0.2) is 72.8 Å². The SMILES string of the molecule is Cc1ccc(COc2ccc(-c3ccccc3)cc2)cc1C. The number of aryl methyl sites for hydroxylation is 2.